The van der Waals surface area contributed by atoms with Crippen LogP contribution in [0.4, 0.5) is 5.69 Å². The van der Waals surface area contributed by atoms with Gasteiger partial charge in [0.05, 0.1) is 0 Å². The minimum atomic E-state index is 0. The van der Waals surface area contributed by atoms with Gasteiger partial charge in [0.25, 0.3) is 0 Å². The van der Waals surface area contributed by atoms with E-state index in [1.54, 1.807) is 6.07 Å². The standard InChI is InChI=1S/C15H20N2O2.ClH/c1-9-6-12-11(10-2-4-16-5-3-10)7-15(19)17-13(12)8-14(9)18;/h6,8,10-11,16,18H,2-5,7H2,1H3,(H,17,19);1H. The summed E-state index contributed by atoms with van der Waals surface area (Å²) >= 11 is 0. The number of hydrogen-bond donors (Lipinski definition) is 3. The molecule has 5 heteroatoms. The molecular formula is C15H21ClN2O2. The highest BCUT2D eigenvalue weighted by Gasteiger charge is 2.32. The lowest BCUT2D eigenvalue weighted by molar-refractivity contribution is -0.117. The number of fused-ring (bicyclic) bond motifs is 1. The van der Waals surface area contributed by atoms with E-state index in [2.05, 4.69) is 10.6 Å². The molecule has 3 rings (SSSR count). The molecule has 0 radical (unpaired) electrons. The minimum absolute atomic E-state index is 0. The van der Waals surface area contributed by atoms with Gasteiger partial charge in [0, 0.05) is 18.2 Å². The summed E-state index contributed by atoms with van der Waals surface area (Å²) in [4.78, 5) is 11.9. The van der Waals surface area contributed by atoms with Gasteiger partial charge in [-0.2, -0.15) is 0 Å². The van der Waals surface area contributed by atoms with Gasteiger partial charge in [-0.15, -0.1) is 12.4 Å². The van der Waals surface area contributed by atoms with Crippen molar-refractivity contribution in [3.63, 3.8) is 0 Å². The molecule has 0 spiro atoms. The number of phenols is 1. The predicted octanol–water partition coefficient (Wildman–Crippen LogP) is 2.55. The van der Waals surface area contributed by atoms with Crippen LogP contribution in [0.15, 0.2) is 12.1 Å². The minimum Gasteiger partial charge on any atom is -0.508 e. The normalized spacial score (nSPS) is 22.6. The highest BCUT2D eigenvalue weighted by molar-refractivity contribution is 5.95. The summed E-state index contributed by atoms with van der Waals surface area (Å²) in [6.07, 6.45) is 2.82. The number of rotatable bonds is 1. The van der Waals surface area contributed by atoms with Gasteiger partial charge in [0.2, 0.25) is 5.91 Å². The van der Waals surface area contributed by atoms with Gasteiger partial charge < -0.3 is 15.7 Å². The average molecular weight is 297 g/mol. The molecule has 1 atom stereocenters. The van der Waals surface area contributed by atoms with E-state index in [9.17, 15) is 9.90 Å². The molecule has 1 saturated heterocycles. The first kappa shape index (κ1) is 15.1. The van der Waals surface area contributed by atoms with Gasteiger partial charge in [0.15, 0.2) is 0 Å². The van der Waals surface area contributed by atoms with E-state index < -0.39 is 0 Å². The summed E-state index contributed by atoms with van der Waals surface area (Å²) in [6.45, 7) is 3.98. The van der Waals surface area contributed by atoms with E-state index in [0.29, 0.717) is 18.3 Å². The average Bonchev–Trinajstić information content (AvgIpc) is 2.41. The molecule has 1 unspecified atom stereocenters. The second-order valence-electron chi connectivity index (χ2n) is 5.67. The Morgan fingerprint density at radius 3 is 2.65 bits per heavy atom. The molecule has 2 aliphatic rings. The number of phenolic OH excluding ortho intramolecular Hbond substituents is 1. The number of carbonyl (C=O) groups is 1. The molecule has 0 bridgehead atoms. The van der Waals surface area contributed by atoms with Crippen molar-refractivity contribution in [2.75, 3.05) is 18.4 Å². The van der Waals surface area contributed by atoms with Gasteiger partial charge >= 0.3 is 0 Å². The Morgan fingerprint density at radius 1 is 1.25 bits per heavy atom. The van der Waals surface area contributed by atoms with Crippen molar-refractivity contribution in [3.8, 4) is 5.75 Å². The van der Waals surface area contributed by atoms with Crippen LogP contribution in [0, 0.1) is 12.8 Å². The molecule has 3 N–H and O–H groups in total. The molecule has 110 valence electrons. The fourth-order valence-corrected chi connectivity index (χ4v) is 3.31. The van der Waals surface area contributed by atoms with Crippen LogP contribution in [-0.2, 0) is 4.79 Å². The van der Waals surface area contributed by atoms with Gasteiger partial charge in [-0.25, -0.2) is 0 Å². The number of aromatic hydroxyl groups is 1. The first-order chi connectivity index (χ1) is 9.15. The molecule has 1 amide bonds. The van der Waals surface area contributed by atoms with E-state index in [4.69, 9.17) is 0 Å². The Labute approximate surface area is 125 Å². The van der Waals surface area contributed by atoms with Crippen LogP contribution in [0.1, 0.15) is 36.3 Å². The van der Waals surface area contributed by atoms with Crippen LogP contribution >= 0.6 is 12.4 Å². The maximum Gasteiger partial charge on any atom is 0.225 e. The van der Waals surface area contributed by atoms with Crippen molar-refractivity contribution in [2.45, 2.75) is 32.1 Å². The van der Waals surface area contributed by atoms with E-state index >= 15 is 0 Å². The largest absolute Gasteiger partial charge is 0.508 e. The lowest BCUT2D eigenvalue weighted by Gasteiger charge is -2.35. The second-order valence-corrected chi connectivity index (χ2v) is 5.67. The molecule has 1 fully saturated rings. The van der Waals surface area contributed by atoms with E-state index in [1.807, 2.05) is 13.0 Å². The zero-order valence-corrected chi connectivity index (χ0v) is 12.4. The summed E-state index contributed by atoms with van der Waals surface area (Å²) in [7, 11) is 0. The van der Waals surface area contributed by atoms with Gasteiger partial charge in [-0.05, 0) is 55.8 Å². The van der Waals surface area contributed by atoms with Crippen molar-refractivity contribution < 1.29 is 9.90 Å². The Morgan fingerprint density at radius 2 is 1.95 bits per heavy atom. The lowest BCUT2D eigenvalue weighted by atomic mass is 9.76. The van der Waals surface area contributed by atoms with E-state index in [1.165, 1.54) is 5.56 Å². The molecule has 0 aromatic heterocycles. The molecule has 2 heterocycles. The number of carbonyl (C=O) groups excluding carboxylic acids is 1. The van der Waals surface area contributed by atoms with Gasteiger partial charge in [-0.1, -0.05) is 6.07 Å². The second kappa shape index (κ2) is 6.02. The fourth-order valence-electron chi connectivity index (χ4n) is 3.31. The van der Waals surface area contributed by atoms with E-state index in [-0.39, 0.29) is 24.1 Å². The number of hydrogen-bond acceptors (Lipinski definition) is 3. The zero-order chi connectivity index (χ0) is 13.4. The predicted molar refractivity (Wildman–Crippen MR) is 81.7 cm³/mol. The van der Waals surface area contributed by atoms with E-state index in [0.717, 1.165) is 37.2 Å². The number of benzene rings is 1. The molecule has 4 nitrogen and oxygen atoms in total. The Hall–Kier alpha value is -1.26. The van der Waals surface area contributed by atoms with Crippen LogP contribution in [0.2, 0.25) is 0 Å². The number of nitrogens with one attached hydrogen (secondary N) is 2. The number of piperidine rings is 1. The summed E-state index contributed by atoms with van der Waals surface area (Å²) in [6, 6.07) is 3.73. The monoisotopic (exact) mass is 296 g/mol. The quantitative estimate of drug-likeness (QED) is 0.746. The molecular weight excluding hydrogens is 276 g/mol. The highest BCUT2D eigenvalue weighted by atomic mass is 35.5. The van der Waals surface area contributed by atoms with Gasteiger partial charge in [0.1, 0.15) is 5.75 Å². The Balaban J connectivity index is 0.00000147. The first-order valence-electron chi connectivity index (χ1n) is 6.99. The van der Waals surface area contributed by atoms with Crippen LogP contribution in [0.25, 0.3) is 0 Å². The first-order valence-corrected chi connectivity index (χ1v) is 6.99. The van der Waals surface area contributed by atoms with Crippen molar-refractivity contribution in [1.82, 2.24) is 5.32 Å². The van der Waals surface area contributed by atoms with Crippen LogP contribution in [0.3, 0.4) is 0 Å². The smallest absolute Gasteiger partial charge is 0.225 e. The highest BCUT2D eigenvalue weighted by Crippen LogP contribution is 2.42. The maximum atomic E-state index is 11.9. The number of aryl methyl sites for hydroxylation is 1. The Kier molecular flexibility index (Phi) is 4.55. The third-order valence-electron chi connectivity index (χ3n) is 4.40. The molecule has 20 heavy (non-hydrogen) atoms. The van der Waals surface area contributed by atoms with Crippen LogP contribution in [0.5, 0.6) is 5.75 Å². The molecule has 1 aromatic carbocycles. The van der Waals surface area contributed by atoms with Gasteiger partial charge in [-0.3, -0.25) is 4.79 Å². The zero-order valence-electron chi connectivity index (χ0n) is 11.6. The molecule has 1 aromatic rings. The third-order valence-corrected chi connectivity index (χ3v) is 4.40. The maximum absolute atomic E-state index is 11.9. The van der Waals surface area contributed by atoms with Crippen LogP contribution in [-0.4, -0.2) is 24.1 Å². The summed E-state index contributed by atoms with van der Waals surface area (Å²) < 4.78 is 0. The number of anilines is 1. The lowest BCUT2D eigenvalue weighted by Crippen LogP contribution is -2.34. The summed E-state index contributed by atoms with van der Waals surface area (Å²) in [5.74, 6) is 1.18. The molecule has 0 saturated carbocycles. The number of halogens is 1. The van der Waals surface area contributed by atoms with Crippen molar-refractivity contribution in [2.24, 2.45) is 5.92 Å². The molecule has 2 aliphatic heterocycles. The molecule has 0 aliphatic carbocycles. The number of amides is 1. The topological polar surface area (TPSA) is 61.4 Å². The summed E-state index contributed by atoms with van der Waals surface area (Å²) in [5.41, 5.74) is 2.87. The SMILES string of the molecule is Cc1cc2c(cc1O)NC(=O)CC2C1CCNCC1.Cl. The van der Waals surface area contributed by atoms with Crippen molar-refractivity contribution in [1.29, 1.82) is 0 Å². The van der Waals surface area contributed by atoms with Crippen molar-refractivity contribution in [3.05, 3.63) is 23.3 Å². The fraction of sp³-hybridized carbons (Fsp3) is 0.533. The van der Waals surface area contributed by atoms with Crippen LogP contribution < -0.4 is 10.6 Å². The summed E-state index contributed by atoms with van der Waals surface area (Å²) in [5, 5.41) is 16.0. The third kappa shape index (κ3) is 2.76. The van der Waals surface area contributed by atoms with Crippen molar-refractivity contribution >= 4 is 24.0 Å². The Bertz CT molecular complexity index is 513.